The highest BCUT2D eigenvalue weighted by molar-refractivity contribution is 9.10. The van der Waals surface area contributed by atoms with Gasteiger partial charge in [-0.1, -0.05) is 27.3 Å². The van der Waals surface area contributed by atoms with Crippen LogP contribution < -0.4 is 9.60 Å². The predicted octanol–water partition coefficient (Wildman–Crippen LogP) is 3.30. The Morgan fingerprint density at radius 1 is 1.22 bits per heavy atom. The van der Waals surface area contributed by atoms with Gasteiger partial charge >= 0.3 is 4.87 Å². The quantitative estimate of drug-likeness (QED) is 0.711. The minimum absolute atomic E-state index is 0.0332. The first kappa shape index (κ1) is 16.2. The van der Waals surface area contributed by atoms with E-state index in [-0.39, 0.29) is 15.5 Å². The number of aryl methyl sites for hydroxylation is 1. The molecule has 0 fully saturated rings. The predicted molar refractivity (Wildman–Crippen MR) is 92.0 cm³/mol. The molecule has 0 atom stereocenters. The second-order valence-electron chi connectivity index (χ2n) is 4.79. The largest absolute Gasteiger partial charge is 0.307 e. The van der Waals surface area contributed by atoms with Crippen LogP contribution in [0.1, 0.15) is 0 Å². The van der Waals surface area contributed by atoms with Gasteiger partial charge < -0.3 is 4.57 Å². The summed E-state index contributed by atoms with van der Waals surface area (Å²) in [4.78, 5) is 11.4. The van der Waals surface area contributed by atoms with Gasteiger partial charge in [0.1, 0.15) is 5.82 Å². The number of nitrogens with one attached hydrogen (secondary N) is 1. The normalized spacial score (nSPS) is 11.8. The van der Waals surface area contributed by atoms with E-state index in [0.29, 0.717) is 14.7 Å². The molecule has 0 bridgehead atoms. The number of rotatable bonds is 3. The van der Waals surface area contributed by atoms with Crippen LogP contribution in [0.3, 0.4) is 0 Å². The lowest BCUT2D eigenvalue weighted by molar-refractivity contribution is 0.598. The average Bonchev–Trinajstić information content (AvgIpc) is 2.77. The monoisotopic (exact) mass is 416 g/mol. The van der Waals surface area contributed by atoms with Crippen LogP contribution in [0.4, 0.5) is 10.1 Å². The number of halogens is 2. The van der Waals surface area contributed by atoms with E-state index in [4.69, 9.17) is 0 Å². The van der Waals surface area contributed by atoms with E-state index in [9.17, 15) is 17.6 Å². The highest BCUT2D eigenvalue weighted by Gasteiger charge is 2.18. The topological polar surface area (TPSA) is 68.2 Å². The van der Waals surface area contributed by atoms with E-state index in [0.717, 1.165) is 11.3 Å². The lowest BCUT2D eigenvalue weighted by Gasteiger charge is -2.09. The summed E-state index contributed by atoms with van der Waals surface area (Å²) in [5.41, 5.74) is 0.503. The van der Waals surface area contributed by atoms with Crippen LogP contribution >= 0.6 is 27.3 Å². The molecule has 120 valence electrons. The molecule has 0 aliphatic heterocycles. The molecule has 0 saturated heterocycles. The van der Waals surface area contributed by atoms with Crippen molar-refractivity contribution in [3.63, 3.8) is 0 Å². The summed E-state index contributed by atoms with van der Waals surface area (Å²) in [7, 11) is -2.34. The van der Waals surface area contributed by atoms with Crippen molar-refractivity contribution in [3.05, 3.63) is 56.4 Å². The van der Waals surface area contributed by atoms with E-state index in [1.807, 2.05) is 0 Å². The van der Waals surface area contributed by atoms with Crippen LogP contribution in [0.5, 0.6) is 0 Å². The Bertz CT molecular complexity index is 1070. The van der Waals surface area contributed by atoms with Crippen LogP contribution in [0.25, 0.3) is 10.2 Å². The summed E-state index contributed by atoms with van der Waals surface area (Å²) < 4.78 is 43.3. The lowest BCUT2D eigenvalue weighted by Crippen LogP contribution is -2.14. The van der Waals surface area contributed by atoms with Gasteiger partial charge in [-0.25, -0.2) is 12.8 Å². The first-order chi connectivity index (χ1) is 10.8. The molecule has 3 aromatic rings. The van der Waals surface area contributed by atoms with Gasteiger partial charge in [-0.3, -0.25) is 9.52 Å². The van der Waals surface area contributed by atoms with Crippen LogP contribution in [-0.2, 0) is 17.1 Å². The molecule has 9 heteroatoms. The SMILES string of the molecule is Cn1c(=O)sc2cc(S(=O)(=O)Nc3ccc(Br)cc3F)ccc21. The zero-order chi connectivity index (χ0) is 16.8. The zero-order valence-corrected chi connectivity index (χ0v) is 14.9. The third-order valence-corrected chi connectivity index (χ3v) is 6.10. The third-order valence-electron chi connectivity index (χ3n) is 3.25. The van der Waals surface area contributed by atoms with Crippen molar-refractivity contribution in [1.82, 2.24) is 4.57 Å². The Balaban J connectivity index is 2.04. The summed E-state index contributed by atoms with van der Waals surface area (Å²) in [5, 5.41) is 0. The Hall–Kier alpha value is -1.71. The molecule has 0 aliphatic rings. The second-order valence-corrected chi connectivity index (χ2v) is 8.38. The number of benzene rings is 2. The third kappa shape index (κ3) is 3.04. The Morgan fingerprint density at radius 3 is 2.65 bits per heavy atom. The fourth-order valence-electron chi connectivity index (χ4n) is 2.06. The van der Waals surface area contributed by atoms with E-state index in [2.05, 4.69) is 20.7 Å². The molecule has 23 heavy (non-hydrogen) atoms. The Kier molecular flexibility index (Phi) is 4.03. The first-order valence-corrected chi connectivity index (χ1v) is 9.45. The number of sulfonamides is 1. The molecule has 0 amide bonds. The molecule has 0 unspecified atom stereocenters. The minimum atomic E-state index is -3.95. The molecule has 2 aromatic carbocycles. The molecule has 0 aliphatic carbocycles. The second kappa shape index (κ2) is 5.73. The minimum Gasteiger partial charge on any atom is -0.302 e. The lowest BCUT2D eigenvalue weighted by atomic mass is 10.3. The number of anilines is 1. The van der Waals surface area contributed by atoms with Crippen molar-refractivity contribution in [2.24, 2.45) is 7.05 Å². The van der Waals surface area contributed by atoms with E-state index >= 15 is 0 Å². The fraction of sp³-hybridized carbons (Fsp3) is 0.0714. The molecule has 0 spiro atoms. The van der Waals surface area contributed by atoms with E-state index in [1.165, 1.54) is 34.9 Å². The molecule has 1 aromatic heterocycles. The zero-order valence-electron chi connectivity index (χ0n) is 11.7. The number of nitrogens with zero attached hydrogens (tertiary/aromatic N) is 1. The van der Waals surface area contributed by atoms with Crippen LogP contribution in [0.2, 0.25) is 0 Å². The molecular weight excluding hydrogens is 407 g/mol. The van der Waals surface area contributed by atoms with E-state index in [1.54, 1.807) is 13.1 Å². The van der Waals surface area contributed by atoms with Gasteiger partial charge in [-0.2, -0.15) is 0 Å². The maximum Gasteiger partial charge on any atom is 0.307 e. The van der Waals surface area contributed by atoms with Gasteiger partial charge in [-0.15, -0.1) is 0 Å². The van der Waals surface area contributed by atoms with Crippen LogP contribution in [0.15, 0.2) is 50.6 Å². The van der Waals surface area contributed by atoms with Crippen molar-refractivity contribution in [3.8, 4) is 0 Å². The Morgan fingerprint density at radius 2 is 1.96 bits per heavy atom. The standard InChI is InChI=1S/C14H10BrFN2O3S2/c1-18-12-5-3-9(7-13(12)22-14(18)19)23(20,21)17-11-4-2-8(15)6-10(11)16/h2-7,17H,1H3. The van der Waals surface area contributed by atoms with Crippen LogP contribution in [-0.4, -0.2) is 13.0 Å². The molecule has 1 heterocycles. The van der Waals surface area contributed by atoms with Gasteiger partial charge in [0, 0.05) is 11.5 Å². The molecular formula is C14H10BrFN2O3S2. The summed E-state index contributed by atoms with van der Waals surface area (Å²) in [6.45, 7) is 0. The van der Waals surface area contributed by atoms with Crippen molar-refractivity contribution < 1.29 is 12.8 Å². The highest BCUT2D eigenvalue weighted by atomic mass is 79.9. The summed E-state index contributed by atoms with van der Waals surface area (Å²) in [5.74, 6) is -0.687. The first-order valence-electron chi connectivity index (χ1n) is 6.35. The summed E-state index contributed by atoms with van der Waals surface area (Å²) in [6.07, 6.45) is 0. The number of thiazole rings is 1. The number of hydrogen-bond donors (Lipinski definition) is 1. The molecule has 5 nitrogen and oxygen atoms in total. The van der Waals surface area contributed by atoms with Gasteiger partial charge in [0.25, 0.3) is 10.0 Å². The van der Waals surface area contributed by atoms with Gasteiger partial charge in [0.05, 0.1) is 20.8 Å². The van der Waals surface area contributed by atoms with Crippen molar-refractivity contribution in [1.29, 1.82) is 0 Å². The van der Waals surface area contributed by atoms with Gasteiger partial charge in [-0.05, 0) is 36.4 Å². The van der Waals surface area contributed by atoms with Crippen molar-refractivity contribution >= 4 is 53.2 Å². The van der Waals surface area contributed by atoms with Gasteiger partial charge in [0.2, 0.25) is 0 Å². The van der Waals surface area contributed by atoms with E-state index < -0.39 is 15.8 Å². The maximum absolute atomic E-state index is 13.8. The van der Waals surface area contributed by atoms with Crippen molar-refractivity contribution in [2.75, 3.05) is 4.72 Å². The smallest absolute Gasteiger partial charge is 0.302 e. The Labute approximate surface area is 143 Å². The average molecular weight is 417 g/mol. The maximum atomic E-state index is 13.8. The molecule has 0 saturated carbocycles. The van der Waals surface area contributed by atoms with Crippen LogP contribution in [0, 0.1) is 5.82 Å². The van der Waals surface area contributed by atoms with Gasteiger partial charge in [0.15, 0.2) is 0 Å². The number of hydrogen-bond acceptors (Lipinski definition) is 4. The molecule has 1 N–H and O–H groups in total. The highest BCUT2D eigenvalue weighted by Crippen LogP contribution is 2.25. The fourth-order valence-corrected chi connectivity index (χ4v) is 4.48. The number of fused-ring (bicyclic) bond motifs is 1. The summed E-state index contributed by atoms with van der Waals surface area (Å²) in [6, 6.07) is 8.38. The molecule has 0 radical (unpaired) electrons. The number of aromatic nitrogens is 1. The summed E-state index contributed by atoms with van der Waals surface area (Å²) >= 11 is 4.06. The van der Waals surface area contributed by atoms with Crippen molar-refractivity contribution in [2.45, 2.75) is 4.90 Å². The molecule has 3 rings (SSSR count).